The monoisotopic (exact) mass is 462 g/mol. The van der Waals surface area contributed by atoms with E-state index in [9.17, 15) is 4.39 Å². The maximum atomic E-state index is 14.4. The van der Waals surface area contributed by atoms with Gasteiger partial charge in [-0.25, -0.2) is 0 Å². The summed E-state index contributed by atoms with van der Waals surface area (Å²) in [6, 6.07) is 24.8. The number of H-pyrrole nitrogens is 2. The SMILES string of the molecule is Fc1[nH]nc2ccc(C(=C(c3ccccc3)C3CCC3)c3ccc(C=Cc4nn[nH]n4)cc3)cc12. The quantitative estimate of drug-likeness (QED) is 0.297. The first-order valence-electron chi connectivity index (χ1n) is 11.7. The molecule has 7 heteroatoms. The first-order valence-corrected chi connectivity index (χ1v) is 11.7. The van der Waals surface area contributed by atoms with Gasteiger partial charge in [-0.2, -0.15) is 14.7 Å². The van der Waals surface area contributed by atoms with E-state index in [0.717, 1.165) is 35.1 Å². The van der Waals surface area contributed by atoms with E-state index in [2.05, 4.69) is 79.4 Å². The molecule has 0 spiro atoms. The Kier molecular flexibility index (Phi) is 5.50. The summed E-state index contributed by atoms with van der Waals surface area (Å²) in [4.78, 5) is 0. The van der Waals surface area contributed by atoms with Crippen LogP contribution in [-0.4, -0.2) is 30.8 Å². The number of halogens is 1. The summed E-state index contributed by atoms with van der Waals surface area (Å²) in [7, 11) is 0. The van der Waals surface area contributed by atoms with E-state index < -0.39 is 5.95 Å². The fraction of sp³-hybridized carbons (Fsp3) is 0.143. The van der Waals surface area contributed by atoms with Crippen LogP contribution in [0.1, 0.15) is 47.3 Å². The van der Waals surface area contributed by atoms with Crippen LogP contribution in [0.4, 0.5) is 4.39 Å². The van der Waals surface area contributed by atoms with Gasteiger partial charge in [0.2, 0.25) is 5.95 Å². The molecule has 2 N–H and O–H groups in total. The average Bonchev–Trinajstić information content (AvgIpc) is 3.52. The van der Waals surface area contributed by atoms with Crippen molar-refractivity contribution in [2.24, 2.45) is 5.92 Å². The van der Waals surface area contributed by atoms with Gasteiger partial charge in [0, 0.05) is 0 Å². The third-order valence-electron chi connectivity index (χ3n) is 6.65. The minimum atomic E-state index is -0.409. The van der Waals surface area contributed by atoms with Gasteiger partial charge in [-0.1, -0.05) is 73.2 Å². The highest BCUT2D eigenvalue weighted by Gasteiger charge is 2.27. The van der Waals surface area contributed by atoms with Crippen molar-refractivity contribution in [1.82, 2.24) is 30.8 Å². The van der Waals surface area contributed by atoms with Gasteiger partial charge < -0.3 is 0 Å². The molecule has 0 saturated heterocycles. The van der Waals surface area contributed by atoms with E-state index in [1.54, 1.807) is 0 Å². The third kappa shape index (κ3) is 4.17. The van der Waals surface area contributed by atoms with Crippen LogP contribution in [0, 0.1) is 11.9 Å². The number of hydrogen-bond donors (Lipinski definition) is 2. The molecule has 0 aliphatic heterocycles. The Morgan fingerprint density at radius 1 is 0.857 bits per heavy atom. The van der Waals surface area contributed by atoms with E-state index in [0.29, 0.717) is 22.6 Å². The molecule has 0 unspecified atom stereocenters. The Morgan fingerprint density at radius 3 is 2.37 bits per heavy atom. The van der Waals surface area contributed by atoms with Crippen LogP contribution in [0.5, 0.6) is 0 Å². The van der Waals surface area contributed by atoms with Crippen molar-refractivity contribution in [3.63, 3.8) is 0 Å². The number of nitrogens with zero attached hydrogens (tertiary/aromatic N) is 4. The minimum absolute atomic E-state index is 0.409. The summed E-state index contributed by atoms with van der Waals surface area (Å²) in [5.74, 6) is 0.588. The van der Waals surface area contributed by atoms with Gasteiger partial charge in [0.1, 0.15) is 0 Å². The number of nitrogens with one attached hydrogen (secondary N) is 2. The Balaban J connectivity index is 1.51. The second-order valence-electron chi connectivity index (χ2n) is 8.78. The summed E-state index contributed by atoms with van der Waals surface area (Å²) in [6.45, 7) is 0. The molecule has 35 heavy (non-hydrogen) atoms. The van der Waals surface area contributed by atoms with E-state index in [1.807, 2.05) is 36.4 Å². The number of fused-ring (bicyclic) bond motifs is 1. The van der Waals surface area contributed by atoms with Crippen LogP contribution in [0.3, 0.4) is 0 Å². The second kappa shape index (κ2) is 9.10. The summed E-state index contributed by atoms with van der Waals surface area (Å²) in [6.07, 6.45) is 7.30. The van der Waals surface area contributed by atoms with Gasteiger partial charge in [-0.05, 0) is 75.6 Å². The van der Waals surface area contributed by atoms with Crippen molar-refractivity contribution in [3.8, 4) is 0 Å². The Morgan fingerprint density at radius 2 is 1.66 bits per heavy atom. The Bertz CT molecular complexity index is 1510. The second-order valence-corrected chi connectivity index (χ2v) is 8.78. The number of rotatable bonds is 6. The van der Waals surface area contributed by atoms with Crippen LogP contribution in [0.2, 0.25) is 0 Å². The highest BCUT2D eigenvalue weighted by atomic mass is 19.1. The molecule has 1 saturated carbocycles. The average molecular weight is 463 g/mol. The van der Waals surface area contributed by atoms with E-state index >= 15 is 0 Å². The van der Waals surface area contributed by atoms with Crippen LogP contribution < -0.4 is 0 Å². The van der Waals surface area contributed by atoms with E-state index in [1.165, 1.54) is 17.6 Å². The van der Waals surface area contributed by atoms with Crippen molar-refractivity contribution in [2.75, 3.05) is 0 Å². The molecule has 1 fully saturated rings. The predicted molar refractivity (Wildman–Crippen MR) is 135 cm³/mol. The largest absolute Gasteiger partial charge is 0.252 e. The molecule has 0 amide bonds. The molecule has 6 rings (SSSR count). The van der Waals surface area contributed by atoms with Gasteiger partial charge in [0.15, 0.2) is 5.82 Å². The van der Waals surface area contributed by atoms with Crippen molar-refractivity contribution >= 4 is 34.2 Å². The number of benzene rings is 3. The van der Waals surface area contributed by atoms with E-state index in [-0.39, 0.29) is 0 Å². The van der Waals surface area contributed by atoms with Gasteiger partial charge in [-0.15, -0.1) is 10.2 Å². The van der Waals surface area contributed by atoms with Gasteiger partial charge in [0.05, 0.1) is 10.9 Å². The standard InChI is InChI=1S/C28H23FN6/c29-28-23-17-22(14-15-24(23)30-33-28)27(26(20-7-4-8-20)19-5-2-1-3-6-19)21-12-9-18(10-13-21)11-16-25-31-34-35-32-25/h1-3,5-6,9-17,20H,4,7-8H2,(H,30,33)(H,31,32,34,35). The third-order valence-corrected chi connectivity index (χ3v) is 6.65. The van der Waals surface area contributed by atoms with Crippen LogP contribution in [0.15, 0.2) is 72.8 Å². The lowest BCUT2D eigenvalue weighted by Gasteiger charge is -2.31. The van der Waals surface area contributed by atoms with Crippen LogP contribution in [-0.2, 0) is 0 Å². The molecule has 1 aliphatic rings. The number of tetrazole rings is 1. The van der Waals surface area contributed by atoms with Gasteiger partial charge in [0.25, 0.3) is 0 Å². The smallest absolute Gasteiger partial charge is 0.216 e. The lowest BCUT2D eigenvalue weighted by atomic mass is 9.73. The number of allylic oxidation sites excluding steroid dienone is 1. The van der Waals surface area contributed by atoms with Crippen LogP contribution in [0.25, 0.3) is 34.2 Å². The van der Waals surface area contributed by atoms with E-state index in [4.69, 9.17) is 0 Å². The highest BCUT2D eigenvalue weighted by molar-refractivity contribution is 6.01. The number of aromatic amines is 2. The summed E-state index contributed by atoms with van der Waals surface area (Å²) < 4.78 is 14.4. The lowest BCUT2D eigenvalue weighted by molar-refractivity contribution is 0.401. The fourth-order valence-corrected chi connectivity index (χ4v) is 4.68. The van der Waals surface area contributed by atoms with Crippen molar-refractivity contribution in [3.05, 3.63) is 107 Å². The zero-order chi connectivity index (χ0) is 23.6. The normalized spacial score (nSPS) is 14.9. The zero-order valence-corrected chi connectivity index (χ0v) is 18.9. The molecule has 6 nitrogen and oxygen atoms in total. The topological polar surface area (TPSA) is 83.1 Å². The first kappa shape index (κ1) is 21.2. The van der Waals surface area contributed by atoms with Gasteiger partial charge >= 0.3 is 0 Å². The molecule has 5 aromatic rings. The lowest BCUT2D eigenvalue weighted by Crippen LogP contribution is -2.15. The Labute approximate surface area is 201 Å². The first-order chi connectivity index (χ1) is 17.3. The maximum Gasteiger partial charge on any atom is 0.216 e. The molecule has 0 bridgehead atoms. The molecule has 1 aliphatic carbocycles. The minimum Gasteiger partial charge on any atom is -0.252 e. The molecular formula is C28H23FN6. The Hall–Kier alpha value is -4.39. The summed E-state index contributed by atoms with van der Waals surface area (Å²) in [5.41, 5.74) is 7.39. The zero-order valence-electron chi connectivity index (χ0n) is 18.9. The maximum absolute atomic E-state index is 14.4. The molecule has 172 valence electrons. The van der Waals surface area contributed by atoms with Crippen LogP contribution >= 0.6 is 0 Å². The molecule has 0 atom stereocenters. The fourth-order valence-electron chi connectivity index (χ4n) is 4.68. The molecular weight excluding hydrogens is 439 g/mol. The highest BCUT2D eigenvalue weighted by Crippen LogP contribution is 2.45. The van der Waals surface area contributed by atoms with Crippen molar-refractivity contribution < 1.29 is 4.39 Å². The summed E-state index contributed by atoms with van der Waals surface area (Å²) in [5, 5.41) is 21.0. The molecule has 0 radical (unpaired) electrons. The predicted octanol–water partition coefficient (Wildman–Crippen LogP) is 6.14. The molecule has 3 aromatic carbocycles. The van der Waals surface area contributed by atoms with Crippen molar-refractivity contribution in [2.45, 2.75) is 19.3 Å². The van der Waals surface area contributed by atoms with Crippen molar-refractivity contribution in [1.29, 1.82) is 0 Å². The molecule has 2 aromatic heterocycles. The molecule has 2 heterocycles. The number of aromatic nitrogens is 6. The summed E-state index contributed by atoms with van der Waals surface area (Å²) >= 11 is 0. The van der Waals surface area contributed by atoms with Gasteiger partial charge in [-0.3, -0.25) is 5.10 Å². The number of hydrogen-bond acceptors (Lipinski definition) is 4.